The summed E-state index contributed by atoms with van der Waals surface area (Å²) in [6.07, 6.45) is 0.0827. The predicted octanol–water partition coefficient (Wildman–Crippen LogP) is 4.55. The Morgan fingerprint density at radius 3 is 2.15 bits per heavy atom. The molecule has 13 heteroatoms. The monoisotopic (exact) mass is 663 g/mol. The van der Waals surface area contributed by atoms with Crippen molar-refractivity contribution in [2.75, 3.05) is 39.3 Å². The van der Waals surface area contributed by atoms with E-state index in [1.54, 1.807) is 44.2 Å². The summed E-state index contributed by atoms with van der Waals surface area (Å²) >= 11 is 0. The summed E-state index contributed by atoms with van der Waals surface area (Å²) in [5, 5.41) is 25.6. The molecule has 0 radical (unpaired) electrons. The predicted molar refractivity (Wildman–Crippen MR) is 174 cm³/mol. The van der Waals surface area contributed by atoms with Crippen LogP contribution in [0.25, 0.3) is 0 Å². The minimum atomic E-state index is -1.64. The quantitative estimate of drug-likeness (QED) is 0.151. The van der Waals surface area contributed by atoms with E-state index in [-0.39, 0.29) is 53.3 Å². The van der Waals surface area contributed by atoms with E-state index in [0.29, 0.717) is 32.7 Å². The molecule has 2 aliphatic rings. The third-order valence-corrected chi connectivity index (χ3v) is 9.53. The molecule has 48 heavy (non-hydrogen) atoms. The number of rotatable bonds is 11. The fraction of sp³-hybridized carbons (Fsp3) is 0.371. The standard InChI is InChI=1S/C35H39F2N5O6/c1-3-48-33(43)29-30(25-5-4-6-28(21-25)42(46)47)35(34(44)45,22(2)39-32(29)38)15-16-40-17-19-41(20-18-40)31(23-7-11-26(36)12-8-23)24-9-13-27(37)14-10-24/h4-14,21-22,30-31,39H,3,15-20,38H2,1-2H3,(H,44,45). The number of carbonyl (C=O) groups excluding carboxylic acids is 1. The van der Waals surface area contributed by atoms with Crippen LogP contribution in [0.3, 0.4) is 0 Å². The Hall–Kier alpha value is -4.88. The van der Waals surface area contributed by atoms with Gasteiger partial charge >= 0.3 is 11.9 Å². The average Bonchev–Trinajstić information content (AvgIpc) is 3.06. The van der Waals surface area contributed by atoms with E-state index in [1.165, 1.54) is 42.5 Å². The number of nitrogens with one attached hydrogen (secondary N) is 1. The molecule has 0 amide bonds. The van der Waals surface area contributed by atoms with Gasteiger partial charge in [0.25, 0.3) is 5.69 Å². The fourth-order valence-corrected chi connectivity index (χ4v) is 7.09. The number of carboxylic acids is 1. The highest BCUT2D eigenvalue weighted by Gasteiger charge is 2.57. The minimum Gasteiger partial charge on any atom is -0.481 e. The fourth-order valence-electron chi connectivity index (χ4n) is 7.09. The van der Waals surface area contributed by atoms with E-state index >= 15 is 0 Å². The number of carbonyl (C=O) groups is 2. The number of benzene rings is 3. The molecular formula is C35H39F2N5O6. The number of halogens is 2. The molecule has 4 N–H and O–H groups in total. The van der Waals surface area contributed by atoms with Crippen LogP contribution in [-0.2, 0) is 14.3 Å². The van der Waals surface area contributed by atoms with E-state index in [4.69, 9.17) is 10.5 Å². The van der Waals surface area contributed by atoms with Crippen LogP contribution < -0.4 is 11.1 Å². The Morgan fingerprint density at radius 2 is 1.62 bits per heavy atom. The highest BCUT2D eigenvalue weighted by Crippen LogP contribution is 2.50. The summed E-state index contributed by atoms with van der Waals surface area (Å²) in [7, 11) is 0. The van der Waals surface area contributed by atoms with E-state index in [2.05, 4.69) is 15.1 Å². The largest absolute Gasteiger partial charge is 0.481 e. The number of ether oxygens (including phenoxy) is 1. The van der Waals surface area contributed by atoms with Gasteiger partial charge in [-0.05, 0) is 67.8 Å². The van der Waals surface area contributed by atoms with Gasteiger partial charge in [-0.2, -0.15) is 0 Å². The summed E-state index contributed by atoms with van der Waals surface area (Å²) in [4.78, 5) is 42.2. The van der Waals surface area contributed by atoms with Crippen LogP contribution in [0.4, 0.5) is 14.5 Å². The van der Waals surface area contributed by atoms with Crippen LogP contribution in [0.1, 0.15) is 48.9 Å². The first-order valence-electron chi connectivity index (χ1n) is 15.8. The van der Waals surface area contributed by atoms with Gasteiger partial charge in [0, 0.05) is 50.3 Å². The Labute approximate surface area is 277 Å². The van der Waals surface area contributed by atoms with Gasteiger partial charge in [-0.15, -0.1) is 0 Å². The SMILES string of the molecule is CCOC(=O)C1=C(N)NC(C)C(CCN2CCN(C(c3ccc(F)cc3)c3ccc(F)cc3)CC2)(C(=O)O)C1c1cccc([N+](=O)[O-])c1. The zero-order valence-corrected chi connectivity index (χ0v) is 26.8. The smallest absolute Gasteiger partial charge is 0.338 e. The van der Waals surface area contributed by atoms with Crippen molar-refractivity contribution in [1.82, 2.24) is 15.1 Å². The first-order valence-corrected chi connectivity index (χ1v) is 15.8. The summed E-state index contributed by atoms with van der Waals surface area (Å²) in [6.45, 7) is 5.98. The van der Waals surface area contributed by atoms with Crippen LogP contribution in [0.2, 0.25) is 0 Å². The highest BCUT2D eigenvalue weighted by atomic mass is 19.1. The number of non-ortho nitro benzene ring substituents is 1. The number of aliphatic carboxylic acids is 1. The minimum absolute atomic E-state index is 0.0218. The molecule has 0 spiro atoms. The maximum Gasteiger partial charge on any atom is 0.338 e. The molecule has 2 aliphatic heterocycles. The zero-order valence-electron chi connectivity index (χ0n) is 26.8. The maximum atomic E-state index is 13.8. The number of piperazine rings is 1. The lowest BCUT2D eigenvalue weighted by atomic mass is 9.61. The summed E-state index contributed by atoms with van der Waals surface area (Å²) in [5.41, 5.74) is 6.36. The average molecular weight is 664 g/mol. The van der Waals surface area contributed by atoms with Crippen molar-refractivity contribution < 1.29 is 33.1 Å². The van der Waals surface area contributed by atoms with Gasteiger partial charge < -0.3 is 25.8 Å². The van der Waals surface area contributed by atoms with Crippen molar-refractivity contribution in [3.8, 4) is 0 Å². The van der Waals surface area contributed by atoms with E-state index in [9.17, 15) is 33.6 Å². The zero-order chi connectivity index (χ0) is 34.6. The Bertz CT molecular complexity index is 1630. The first kappa shape index (κ1) is 34.5. The number of hydrogen-bond donors (Lipinski definition) is 3. The third-order valence-electron chi connectivity index (χ3n) is 9.53. The van der Waals surface area contributed by atoms with Gasteiger partial charge in [0.15, 0.2) is 0 Å². The Morgan fingerprint density at radius 1 is 1.04 bits per heavy atom. The molecule has 3 atom stereocenters. The van der Waals surface area contributed by atoms with Gasteiger partial charge in [0.05, 0.1) is 23.1 Å². The molecule has 2 heterocycles. The first-order chi connectivity index (χ1) is 23.0. The lowest BCUT2D eigenvalue weighted by molar-refractivity contribution is -0.384. The van der Waals surface area contributed by atoms with Gasteiger partial charge in [-0.25, -0.2) is 13.6 Å². The van der Waals surface area contributed by atoms with Crippen LogP contribution >= 0.6 is 0 Å². The van der Waals surface area contributed by atoms with Crippen molar-refractivity contribution in [2.24, 2.45) is 11.1 Å². The van der Waals surface area contributed by atoms with Gasteiger partial charge in [0.1, 0.15) is 22.9 Å². The number of nitro benzene ring substituents is 1. The number of esters is 1. The summed E-state index contributed by atoms with van der Waals surface area (Å²) < 4.78 is 32.9. The second-order valence-corrected chi connectivity index (χ2v) is 12.2. The highest BCUT2D eigenvalue weighted by molar-refractivity contribution is 5.94. The normalized spacial score (nSPS) is 21.9. The van der Waals surface area contributed by atoms with Crippen molar-refractivity contribution in [3.05, 3.63) is 123 Å². The molecule has 3 aromatic carbocycles. The van der Waals surface area contributed by atoms with E-state index in [0.717, 1.165) is 11.1 Å². The number of nitro groups is 1. The molecule has 1 fully saturated rings. The summed E-state index contributed by atoms with van der Waals surface area (Å²) in [6, 6.07) is 17.1. The molecule has 0 aliphatic carbocycles. The third kappa shape index (κ3) is 6.87. The van der Waals surface area contributed by atoms with Crippen molar-refractivity contribution >= 4 is 17.6 Å². The number of nitrogens with zero attached hydrogens (tertiary/aromatic N) is 3. The van der Waals surface area contributed by atoms with Crippen LogP contribution in [0.15, 0.2) is 84.2 Å². The molecule has 0 bridgehead atoms. The second kappa shape index (κ2) is 14.5. The molecule has 5 rings (SSSR count). The molecule has 11 nitrogen and oxygen atoms in total. The maximum absolute atomic E-state index is 13.8. The van der Waals surface area contributed by atoms with Crippen molar-refractivity contribution in [2.45, 2.75) is 38.3 Å². The second-order valence-electron chi connectivity index (χ2n) is 12.2. The Balaban J connectivity index is 1.43. The topological polar surface area (TPSA) is 151 Å². The number of nitrogens with two attached hydrogens (primary N) is 1. The molecule has 0 aromatic heterocycles. The van der Waals surface area contributed by atoms with E-state index < -0.39 is 34.2 Å². The lowest BCUT2D eigenvalue weighted by Crippen LogP contribution is -2.59. The molecule has 3 aromatic rings. The Kier molecular flexibility index (Phi) is 10.4. The van der Waals surface area contributed by atoms with Crippen molar-refractivity contribution in [1.29, 1.82) is 0 Å². The van der Waals surface area contributed by atoms with Crippen LogP contribution in [0, 0.1) is 27.2 Å². The number of hydrogen-bond acceptors (Lipinski definition) is 9. The molecule has 254 valence electrons. The van der Waals surface area contributed by atoms with Gasteiger partial charge in [-0.3, -0.25) is 19.8 Å². The molecule has 1 saturated heterocycles. The van der Waals surface area contributed by atoms with E-state index in [1.807, 2.05) is 0 Å². The van der Waals surface area contributed by atoms with Gasteiger partial charge in [0.2, 0.25) is 0 Å². The molecular weight excluding hydrogens is 624 g/mol. The lowest BCUT2D eigenvalue weighted by Gasteiger charge is -2.48. The van der Waals surface area contributed by atoms with Gasteiger partial charge in [-0.1, -0.05) is 36.4 Å². The van der Waals surface area contributed by atoms with Crippen LogP contribution in [-0.4, -0.2) is 77.1 Å². The molecule has 0 saturated carbocycles. The van der Waals surface area contributed by atoms with Crippen molar-refractivity contribution in [3.63, 3.8) is 0 Å². The summed E-state index contributed by atoms with van der Waals surface area (Å²) in [5.74, 6) is -3.86. The molecule has 3 unspecified atom stereocenters. The number of carboxylic acid groups (broad SMARTS) is 1. The van der Waals surface area contributed by atoms with Crippen LogP contribution in [0.5, 0.6) is 0 Å².